The number of sulfone groups is 1. The van der Waals surface area contributed by atoms with Crippen molar-refractivity contribution in [3.8, 4) is 0 Å². The average molecular weight is 300 g/mol. The van der Waals surface area contributed by atoms with Crippen molar-refractivity contribution in [2.75, 3.05) is 18.1 Å². The van der Waals surface area contributed by atoms with Gasteiger partial charge in [-0.1, -0.05) is 26.8 Å². The van der Waals surface area contributed by atoms with Gasteiger partial charge in [-0.2, -0.15) is 0 Å². The Morgan fingerprint density at radius 1 is 1.30 bits per heavy atom. The minimum Gasteiger partial charge on any atom is -0.379 e. The molecule has 0 spiro atoms. The van der Waals surface area contributed by atoms with E-state index < -0.39 is 14.8 Å². The standard InChI is InChI=1S/C13H20N2O4S/c1-9(2)10(3)8-14-11-6-5-7-12(20(4,18)19)13(11)15(16)17/h5-7,9-10,14H,8H2,1-4H3. The third-order valence-corrected chi connectivity index (χ3v) is 4.46. The van der Waals surface area contributed by atoms with Gasteiger partial charge in [0.1, 0.15) is 10.6 Å². The van der Waals surface area contributed by atoms with Gasteiger partial charge in [0, 0.05) is 12.8 Å². The molecule has 1 atom stereocenters. The van der Waals surface area contributed by atoms with Crippen molar-refractivity contribution in [3.05, 3.63) is 28.3 Å². The lowest BCUT2D eigenvalue weighted by molar-refractivity contribution is -0.386. The van der Waals surface area contributed by atoms with Gasteiger partial charge in [-0.25, -0.2) is 8.42 Å². The quantitative estimate of drug-likeness (QED) is 0.644. The Bertz CT molecular complexity index is 596. The Balaban J connectivity index is 3.18. The highest BCUT2D eigenvalue weighted by Crippen LogP contribution is 2.32. The first kappa shape index (κ1) is 16.4. The summed E-state index contributed by atoms with van der Waals surface area (Å²) < 4.78 is 23.2. The molecule has 112 valence electrons. The molecule has 0 aliphatic heterocycles. The Hall–Kier alpha value is -1.63. The van der Waals surface area contributed by atoms with E-state index in [9.17, 15) is 18.5 Å². The number of hydrogen-bond acceptors (Lipinski definition) is 5. The van der Waals surface area contributed by atoms with Gasteiger partial charge >= 0.3 is 5.69 Å². The minimum absolute atomic E-state index is 0.241. The summed E-state index contributed by atoms with van der Waals surface area (Å²) in [6.07, 6.45) is 0.968. The van der Waals surface area contributed by atoms with Crippen molar-refractivity contribution in [2.24, 2.45) is 11.8 Å². The molecule has 7 heteroatoms. The number of rotatable bonds is 6. The molecule has 0 amide bonds. The van der Waals surface area contributed by atoms with Gasteiger partial charge in [0.2, 0.25) is 0 Å². The number of anilines is 1. The number of benzene rings is 1. The van der Waals surface area contributed by atoms with E-state index in [0.29, 0.717) is 18.4 Å². The van der Waals surface area contributed by atoms with E-state index in [-0.39, 0.29) is 16.3 Å². The minimum atomic E-state index is -3.64. The third kappa shape index (κ3) is 3.93. The Morgan fingerprint density at radius 2 is 1.90 bits per heavy atom. The molecule has 0 radical (unpaired) electrons. The molecule has 0 aliphatic carbocycles. The predicted octanol–water partition coefficient (Wildman–Crippen LogP) is 2.70. The van der Waals surface area contributed by atoms with Crippen LogP contribution in [0.5, 0.6) is 0 Å². The van der Waals surface area contributed by atoms with Crippen LogP contribution < -0.4 is 5.32 Å². The summed E-state index contributed by atoms with van der Waals surface area (Å²) in [5.74, 6) is 0.746. The molecule has 0 heterocycles. The van der Waals surface area contributed by atoms with Crippen molar-refractivity contribution < 1.29 is 13.3 Å². The fourth-order valence-electron chi connectivity index (χ4n) is 1.66. The second-order valence-electron chi connectivity index (χ2n) is 5.28. The van der Waals surface area contributed by atoms with Gasteiger partial charge in [0.05, 0.1) is 4.92 Å². The summed E-state index contributed by atoms with van der Waals surface area (Å²) >= 11 is 0. The molecule has 1 rings (SSSR count). The van der Waals surface area contributed by atoms with E-state index in [1.54, 1.807) is 0 Å². The van der Waals surface area contributed by atoms with Crippen LogP contribution in [0, 0.1) is 22.0 Å². The highest BCUT2D eigenvalue weighted by atomic mass is 32.2. The van der Waals surface area contributed by atoms with Crippen LogP contribution in [-0.2, 0) is 9.84 Å². The normalized spacial score (nSPS) is 13.2. The van der Waals surface area contributed by atoms with Crippen molar-refractivity contribution in [2.45, 2.75) is 25.7 Å². The Kier molecular flexibility index (Phi) is 5.10. The molecule has 0 aromatic heterocycles. The lowest BCUT2D eigenvalue weighted by atomic mass is 9.98. The molecule has 6 nitrogen and oxygen atoms in total. The maximum Gasteiger partial charge on any atom is 0.310 e. The summed E-state index contributed by atoms with van der Waals surface area (Å²) in [6, 6.07) is 4.29. The lowest BCUT2D eigenvalue weighted by Crippen LogP contribution is -2.17. The highest BCUT2D eigenvalue weighted by Gasteiger charge is 2.26. The summed E-state index contributed by atoms with van der Waals surface area (Å²) in [7, 11) is -3.64. The molecule has 0 saturated heterocycles. The number of nitro groups is 1. The molecule has 20 heavy (non-hydrogen) atoms. The van der Waals surface area contributed by atoms with E-state index >= 15 is 0 Å². The van der Waals surface area contributed by atoms with Crippen LogP contribution >= 0.6 is 0 Å². The van der Waals surface area contributed by atoms with Gasteiger partial charge < -0.3 is 5.32 Å². The lowest BCUT2D eigenvalue weighted by Gasteiger charge is -2.17. The molecule has 1 unspecified atom stereocenters. The fraction of sp³-hybridized carbons (Fsp3) is 0.538. The van der Waals surface area contributed by atoms with Crippen molar-refractivity contribution in [1.29, 1.82) is 0 Å². The van der Waals surface area contributed by atoms with Gasteiger partial charge in [-0.3, -0.25) is 10.1 Å². The number of nitro benzene ring substituents is 1. The zero-order chi connectivity index (χ0) is 15.5. The summed E-state index contributed by atoms with van der Waals surface area (Å²) in [4.78, 5) is 10.3. The maximum atomic E-state index is 11.6. The van der Waals surface area contributed by atoms with E-state index in [4.69, 9.17) is 0 Å². The second-order valence-corrected chi connectivity index (χ2v) is 7.27. The van der Waals surface area contributed by atoms with E-state index in [0.717, 1.165) is 6.26 Å². The molecule has 0 saturated carbocycles. The maximum absolute atomic E-state index is 11.6. The summed E-state index contributed by atoms with van der Waals surface area (Å²) in [6.45, 7) is 6.71. The van der Waals surface area contributed by atoms with Gasteiger partial charge in [0.15, 0.2) is 9.84 Å². The SMILES string of the molecule is CC(C)C(C)CNc1cccc(S(C)(=O)=O)c1[N+](=O)[O-]. The molecule has 1 N–H and O–H groups in total. The first-order valence-electron chi connectivity index (χ1n) is 6.36. The van der Waals surface area contributed by atoms with E-state index in [1.165, 1.54) is 18.2 Å². The van der Waals surface area contributed by atoms with Crippen LogP contribution in [0.3, 0.4) is 0 Å². The molecule has 0 bridgehead atoms. The largest absolute Gasteiger partial charge is 0.379 e. The van der Waals surface area contributed by atoms with Crippen molar-refractivity contribution >= 4 is 21.2 Å². The van der Waals surface area contributed by atoms with Crippen LogP contribution in [0.1, 0.15) is 20.8 Å². The van der Waals surface area contributed by atoms with Crippen LogP contribution in [-0.4, -0.2) is 26.1 Å². The zero-order valence-corrected chi connectivity index (χ0v) is 12.9. The van der Waals surface area contributed by atoms with Crippen LogP contribution in [0.15, 0.2) is 23.1 Å². The monoisotopic (exact) mass is 300 g/mol. The number of nitrogens with one attached hydrogen (secondary N) is 1. The Morgan fingerprint density at radius 3 is 2.35 bits per heavy atom. The smallest absolute Gasteiger partial charge is 0.310 e. The van der Waals surface area contributed by atoms with Crippen molar-refractivity contribution in [1.82, 2.24) is 0 Å². The van der Waals surface area contributed by atoms with Crippen LogP contribution in [0.4, 0.5) is 11.4 Å². The fourth-order valence-corrected chi connectivity index (χ4v) is 2.52. The topological polar surface area (TPSA) is 89.3 Å². The summed E-state index contributed by atoms with van der Waals surface area (Å²) in [5.41, 5.74) is -0.142. The van der Waals surface area contributed by atoms with Gasteiger partial charge in [-0.05, 0) is 24.0 Å². The van der Waals surface area contributed by atoms with Crippen LogP contribution in [0.2, 0.25) is 0 Å². The van der Waals surface area contributed by atoms with Gasteiger partial charge in [-0.15, -0.1) is 0 Å². The molecule has 1 aromatic rings. The van der Waals surface area contributed by atoms with Crippen molar-refractivity contribution in [3.63, 3.8) is 0 Å². The molecule has 0 aliphatic rings. The Labute approximate surface area is 119 Å². The number of hydrogen-bond donors (Lipinski definition) is 1. The van der Waals surface area contributed by atoms with E-state index in [1.807, 2.05) is 6.92 Å². The summed E-state index contributed by atoms with van der Waals surface area (Å²) in [5, 5.41) is 14.2. The molecule has 0 fully saturated rings. The molecular weight excluding hydrogens is 280 g/mol. The second kappa shape index (κ2) is 6.21. The first-order valence-corrected chi connectivity index (χ1v) is 8.25. The van der Waals surface area contributed by atoms with Crippen LogP contribution in [0.25, 0.3) is 0 Å². The number of para-hydroxylation sites is 1. The molecule has 1 aromatic carbocycles. The predicted molar refractivity (Wildman–Crippen MR) is 78.7 cm³/mol. The van der Waals surface area contributed by atoms with E-state index in [2.05, 4.69) is 19.2 Å². The highest BCUT2D eigenvalue weighted by molar-refractivity contribution is 7.90. The number of nitrogens with zero attached hydrogens (tertiary/aromatic N) is 1. The first-order chi connectivity index (χ1) is 9.14. The average Bonchev–Trinajstić information content (AvgIpc) is 2.33. The van der Waals surface area contributed by atoms with Gasteiger partial charge in [0.25, 0.3) is 0 Å². The molecular formula is C13H20N2O4S. The third-order valence-electron chi connectivity index (χ3n) is 3.33. The zero-order valence-electron chi connectivity index (χ0n) is 12.1.